The molecule has 0 saturated heterocycles. The van der Waals surface area contributed by atoms with Crippen molar-refractivity contribution in [3.05, 3.63) is 96.4 Å². The van der Waals surface area contributed by atoms with E-state index in [0.717, 1.165) is 11.3 Å². The van der Waals surface area contributed by atoms with E-state index in [1.807, 2.05) is 48.5 Å². The molecule has 0 bridgehead atoms. The van der Waals surface area contributed by atoms with E-state index in [1.165, 1.54) is 0 Å². The third kappa shape index (κ3) is 4.41. The Balaban J connectivity index is 1.58. The van der Waals surface area contributed by atoms with E-state index in [-0.39, 0.29) is 23.1 Å². The number of hydrogen-bond acceptors (Lipinski definition) is 4. The Bertz CT molecular complexity index is 1270. The predicted molar refractivity (Wildman–Crippen MR) is 115 cm³/mol. The Morgan fingerprint density at radius 3 is 2.43 bits per heavy atom. The van der Waals surface area contributed by atoms with E-state index in [4.69, 9.17) is 0 Å². The van der Waals surface area contributed by atoms with Crippen LogP contribution in [0.2, 0.25) is 0 Å². The van der Waals surface area contributed by atoms with Crippen molar-refractivity contribution >= 4 is 26.6 Å². The normalized spacial score (nSPS) is 11.5. The van der Waals surface area contributed by atoms with E-state index >= 15 is 0 Å². The minimum absolute atomic E-state index is 0.0220. The van der Waals surface area contributed by atoms with Crippen molar-refractivity contribution in [2.75, 3.05) is 0 Å². The van der Waals surface area contributed by atoms with Gasteiger partial charge < -0.3 is 9.88 Å². The Kier molecular flexibility index (Phi) is 5.63. The quantitative estimate of drug-likeness (QED) is 0.498. The van der Waals surface area contributed by atoms with Crippen LogP contribution in [0.5, 0.6) is 0 Å². The highest BCUT2D eigenvalue weighted by Crippen LogP contribution is 2.28. The lowest BCUT2D eigenvalue weighted by atomic mass is 10.2. The fourth-order valence-electron chi connectivity index (χ4n) is 3.37. The summed E-state index contributed by atoms with van der Waals surface area (Å²) in [5.41, 5.74) is 2.19. The highest BCUT2D eigenvalue weighted by Gasteiger charge is 2.22. The lowest BCUT2D eigenvalue weighted by Gasteiger charge is -2.07. The summed E-state index contributed by atoms with van der Waals surface area (Å²) in [6.07, 6.45) is 3.23. The molecule has 0 saturated carbocycles. The number of fused-ring (bicyclic) bond motifs is 1. The van der Waals surface area contributed by atoms with Crippen molar-refractivity contribution in [2.45, 2.75) is 23.7 Å². The number of amides is 1. The molecule has 6 nitrogen and oxygen atoms in total. The molecule has 0 atom stereocenters. The Labute approximate surface area is 175 Å². The van der Waals surface area contributed by atoms with Crippen molar-refractivity contribution in [3.63, 3.8) is 0 Å². The molecule has 0 unspecified atom stereocenters. The monoisotopic (exact) mass is 419 g/mol. The van der Waals surface area contributed by atoms with Crippen LogP contribution in [-0.4, -0.2) is 23.9 Å². The van der Waals surface area contributed by atoms with Gasteiger partial charge in [-0.25, -0.2) is 8.42 Å². The molecule has 7 heteroatoms. The Morgan fingerprint density at radius 2 is 1.67 bits per heavy atom. The first-order chi connectivity index (χ1) is 14.5. The molecule has 2 aromatic heterocycles. The lowest BCUT2D eigenvalue weighted by Crippen LogP contribution is -2.27. The van der Waals surface area contributed by atoms with Crippen molar-refractivity contribution in [1.82, 2.24) is 14.9 Å². The molecular weight excluding hydrogens is 398 g/mol. The number of carbonyl (C=O) groups excluding carboxylic acids is 1. The van der Waals surface area contributed by atoms with Gasteiger partial charge >= 0.3 is 0 Å². The van der Waals surface area contributed by atoms with Gasteiger partial charge in [0.15, 0.2) is 9.84 Å². The van der Waals surface area contributed by atoms with E-state index in [2.05, 4.69) is 10.3 Å². The number of rotatable bonds is 7. The standard InChI is InChI=1S/C23H21N3O3S/c27-23(25-14-19-10-6-7-13-24-19)16-26-15-22(20-11-4-5-12-21(20)26)30(28,29)17-18-8-2-1-3-9-18/h1-13,15H,14,16-17H2,(H,25,27). The third-order valence-corrected chi connectivity index (χ3v) is 6.50. The fourth-order valence-corrected chi connectivity index (χ4v) is 4.95. The number of aromatic nitrogens is 2. The van der Waals surface area contributed by atoms with Gasteiger partial charge in [-0.1, -0.05) is 54.6 Å². The summed E-state index contributed by atoms with van der Waals surface area (Å²) in [5.74, 6) is -0.304. The maximum absolute atomic E-state index is 13.1. The lowest BCUT2D eigenvalue weighted by molar-refractivity contribution is -0.121. The zero-order valence-electron chi connectivity index (χ0n) is 16.2. The summed E-state index contributed by atoms with van der Waals surface area (Å²) >= 11 is 0. The summed E-state index contributed by atoms with van der Waals surface area (Å²) in [6, 6.07) is 21.8. The summed E-state index contributed by atoms with van der Waals surface area (Å²) in [7, 11) is -3.57. The molecule has 0 aliphatic carbocycles. The first-order valence-corrected chi connectivity index (χ1v) is 11.2. The van der Waals surface area contributed by atoms with Crippen molar-refractivity contribution in [2.24, 2.45) is 0 Å². The van der Waals surface area contributed by atoms with Gasteiger partial charge in [-0.2, -0.15) is 0 Å². The highest BCUT2D eigenvalue weighted by atomic mass is 32.2. The van der Waals surface area contributed by atoms with Gasteiger partial charge in [-0.05, 0) is 23.8 Å². The van der Waals surface area contributed by atoms with Crippen molar-refractivity contribution in [1.29, 1.82) is 0 Å². The van der Waals surface area contributed by atoms with Gasteiger partial charge in [-0.3, -0.25) is 9.78 Å². The van der Waals surface area contributed by atoms with Gasteiger partial charge in [-0.15, -0.1) is 0 Å². The number of benzene rings is 2. The van der Waals surface area contributed by atoms with E-state index in [1.54, 1.807) is 41.2 Å². The number of hydrogen-bond donors (Lipinski definition) is 1. The zero-order chi connectivity index (χ0) is 21.0. The number of nitrogens with zero attached hydrogens (tertiary/aromatic N) is 2. The molecule has 0 spiro atoms. The summed E-state index contributed by atoms with van der Waals surface area (Å²) in [6.45, 7) is 0.340. The van der Waals surface area contributed by atoms with Crippen LogP contribution in [-0.2, 0) is 33.5 Å². The van der Waals surface area contributed by atoms with Crippen LogP contribution < -0.4 is 5.32 Å². The Morgan fingerprint density at radius 1 is 0.933 bits per heavy atom. The van der Waals surface area contributed by atoms with Crippen LogP contribution in [0.4, 0.5) is 0 Å². The molecule has 30 heavy (non-hydrogen) atoms. The number of pyridine rings is 1. The van der Waals surface area contributed by atoms with Crippen LogP contribution in [0.1, 0.15) is 11.3 Å². The van der Waals surface area contributed by atoms with Crippen LogP contribution in [0.3, 0.4) is 0 Å². The van der Waals surface area contributed by atoms with Gasteiger partial charge in [0.1, 0.15) is 6.54 Å². The molecule has 0 aliphatic heterocycles. The average molecular weight is 420 g/mol. The molecule has 0 aliphatic rings. The van der Waals surface area contributed by atoms with Gasteiger partial charge in [0, 0.05) is 23.3 Å². The van der Waals surface area contributed by atoms with E-state index in [9.17, 15) is 13.2 Å². The molecule has 2 aromatic carbocycles. The molecule has 4 aromatic rings. The minimum Gasteiger partial charge on any atom is -0.349 e. The first-order valence-electron chi connectivity index (χ1n) is 9.54. The SMILES string of the molecule is O=C(Cn1cc(S(=O)(=O)Cc2ccccc2)c2ccccc21)NCc1ccccn1. The van der Waals surface area contributed by atoms with Crippen LogP contribution in [0, 0.1) is 0 Å². The third-order valence-electron chi connectivity index (χ3n) is 4.79. The molecule has 1 amide bonds. The number of carbonyl (C=O) groups is 1. The second-order valence-corrected chi connectivity index (χ2v) is 8.94. The summed E-state index contributed by atoms with van der Waals surface area (Å²) in [5, 5.41) is 3.44. The minimum atomic E-state index is -3.57. The summed E-state index contributed by atoms with van der Waals surface area (Å²) < 4.78 is 27.9. The van der Waals surface area contributed by atoms with Crippen molar-refractivity contribution < 1.29 is 13.2 Å². The Hall–Kier alpha value is -3.45. The molecule has 1 N–H and O–H groups in total. The zero-order valence-corrected chi connectivity index (χ0v) is 17.0. The second kappa shape index (κ2) is 8.51. The number of nitrogens with one attached hydrogen (secondary N) is 1. The number of sulfone groups is 1. The largest absolute Gasteiger partial charge is 0.349 e. The molecule has 0 fully saturated rings. The van der Waals surface area contributed by atoms with Gasteiger partial charge in [0.2, 0.25) is 5.91 Å². The molecule has 152 valence electrons. The van der Waals surface area contributed by atoms with Crippen molar-refractivity contribution in [3.8, 4) is 0 Å². The van der Waals surface area contributed by atoms with Crippen LogP contribution >= 0.6 is 0 Å². The van der Waals surface area contributed by atoms with Gasteiger partial charge in [0.05, 0.1) is 22.9 Å². The maximum Gasteiger partial charge on any atom is 0.240 e. The molecule has 4 rings (SSSR count). The summed E-state index contributed by atoms with van der Waals surface area (Å²) in [4.78, 5) is 16.9. The molecule has 2 heterocycles. The number of para-hydroxylation sites is 1. The van der Waals surface area contributed by atoms with Crippen LogP contribution in [0.15, 0.2) is 90.1 Å². The van der Waals surface area contributed by atoms with E-state index in [0.29, 0.717) is 17.4 Å². The smallest absolute Gasteiger partial charge is 0.240 e. The van der Waals surface area contributed by atoms with E-state index < -0.39 is 9.84 Å². The van der Waals surface area contributed by atoms with Gasteiger partial charge in [0.25, 0.3) is 0 Å². The topological polar surface area (TPSA) is 81.1 Å². The first kappa shape index (κ1) is 19.8. The molecule has 0 radical (unpaired) electrons. The second-order valence-electron chi connectivity index (χ2n) is 6.98. The highest BCUT2D eigenvalue weighted by molar-refractivity contribution is 7.90. The average Bonchev–Trinajstić information content (AvgIpc) is 3.13. The maximum atomic E-state index is 13.1. The molecular formula is C23H21N3O3S. The predicted octanol–water partition coefficient (Wildman–Crippen LogP) is 3.33. The fraction of sp³-hybridized carbons (Fsp3) is 0.130. The van der Waals surface area contributed by atoms with Crippen LogP contribution in [0.25, 0.3) is 10.9 Å².